The van der Waals surface area contributed by atoms with Crippen LogP contribution in [-0.4, -0.2) is 71.6 Å². The molecule has 0 atom stereocenters. The largest absolute Gasteiger partial charge is 1.20 e. The Balaban J connectivity index is 0.00000364. The molecule has 0 bridgehead atoms. The van der Waals surface area contributed by atoms with Crippen LogP contribution < -0.4 is 0 Å². The molecule has 2 N–H and O–H groups in total. The van der Waals surface area contributed by atoms with E-state index in [1.54, 1.807) is 0 Å². The monoisotopic (exact) mass is 414 g/mol. The van der Waals surface area contributed by atoms with Crippen molar-refractivity contribution in [1.29, 1.82) is 0 Å². The second-order valence-electron chi connectivity index (χ2n) is 4.20. The molecule has 140 valence electrons. The van der Waals surface area contributed by atoms with Crippen LogP contribution in [0.4, 0.5) is 0 Å². The van der Waals surface area contributed by atoms with E-state index in [9.17, 15) is 28.8 Å². The first-order valence-corrected chi connectivity index (χ1v) is 9.42. The number of rotatable bonds is 4. The Morgan fingerprint density at radius 1 is 0.667 bits per heavy atom. The van der Waals surface area contributed by atoms with Crippen molar-refractivity contribution >= 4 is 66.1 Å². The molecule has 0 fully saturated rings. The van der Waals surface area contributed by atoms with Gasteiger partial charge < -0.3 is 28.2 Å². The van der Waals surface area contributed by atoms with Crippen molar-refractivity contribution in [2.45, 2.75) is 0 Å². The third-order valence-corrected chi connectivity index (χ3v) is 4.89. The minimum absolute atomic E-state index is 0. The highest BCUT2D eigenvalue weighted by molar-refractivity contribution is 6.46. The smallest absolute Gasteiger partial charge is 0.547 e. The molecular formula is C12H8Al2O13. The third kappa shape index (κ3) is 7.87. The molecule has 0 radical (unpaired) electrons. The Morgan fingerprint density at radius 3 is 1.19 bits per heavy atom. The van der Waals surface area contributed by atoms with Crippen molar-refractivity contribution in [3.8, 4) is 0 Å². The molecular weight excluding hydrogens is 406 g/mol. The summed E-state index contributed by atoms with van der Waals surface area (Å²) in [5.41, 5.74) is 0. The van der Waals surface area contributed by atoms with Crippen LogP contribution >= 0.6 is 0 Å². The fourth-order valence-electron chi connectivity index (χ4n) is 1.36. The van der Waals surface area contributed by atoms with Crippen LogP contribution in [0.5, 0.6) is 0 Å². The Hall–Kier alpha value is -2.94. The molecule has 0 aliphatic carbocycles. The summed E-state index contributed by atoms with van der Waals surface area (Å²) in [6.07, 6.45) is 4.36. The van der Waals surface area contributed by atoms with Crippen LogP contribution in [-0.2, 0) is 51.5 Å². The Morgan fingerprint density at radius 2 is 0.926 bits per heavy atom. The van der Waals surface area contributed by atoms with Gasteiger partial charge in [0.25, 0.3) is 35.8 Å². The van der Waals surface area contributed by atoms with Crippen LogP contribution in [0.15, 0.2) is 36.5 Å². The molecule has 0 amide bonds. The lowest BCUT2D eigenvalue weighted by molar-refractivity contribution is -0.144. The maximum atomic E-state index is 11.5. The van der Waals surface area contributed by atoms with Gasteiger partial charge in [-0.3, -0.25) is 28.8 Å². The van der Waals surface area contributed by atoms with Gasteiger partial charge in [0.05, 0.1) is 0 Å². The molecule has 2 heterocycles. The van der Waals surface area contributed by atoms with Crippen LogP contribution in [0, 0.1) is 0 Å². The molecule has 0 saturated carbocycles. The first kappa shape index (κ1) is 22.1. The number of carbonyl (C=O) groups excluding carboxylic acids is 6. The predicted octanol–water partition coefficient (Wildman–Crippen LogP) is -2.91. The van der Waals surface area contributed by atoms with Crippen LogP contribution in [0.1, 0.15) is 0 Å². The topological polar surface area (TPSA) is 189 Å². The lowest BCUT2D eigenvalue weighted by Crippen LogP contribution is -2.32. The number of hydrogen-bond acceptors (Lipinski definition) is 12. The molecule has 0 spiro atoms. The van der Waals surface area contributed by atoms with Gasteiger partial charge in [0.15, 0.2) is 0 Å². The van der Waals surface area contributed by atoms with Crippen LogP contribution in [0.25, 0.3) is 0 Å². The second-order valence-corrected chi connectivity index (χ2v) is 6.77. The highest BCUT2D eigenvalue weighted by Crippen LogP contribution is 2.04. The van der Waals surface area contributed by atoms with Gasteiger partial charge in [-0.15, -0.1) is 0 Å². The minimum atomic E-state index is -3.42. The normalized spacial score (nSPS) is 16.3. The quantitative estimate of drug-likeness (QED) is 0.337. The van der Waals surface area contributed by atoms with Gasteiger partial charge in [0, 0.05) is 36.5 Å². The van der Waals surface area contributed by atoms with Gasteiger partial charge in [-0.05, 0) is 0 Å². The fraction of sp³-hybridized carbons (Fsp3) is 0. The van der Waals surface area contributed by atoms with Gasteiger partial charge >= 0.3 is 30.3 Å². The van der Waals surface area contributed by atoms with Crippen molar-refractivity contribution in [1.82, 2.24) is 0 Å². The van der Waals surface area contributed by atoms with E-state index in [0.717, 1.165) is 24.3 Å². The van der Waals surface area contributed by atoms with E-state index in [1.165, 1.54) is 0 Å². The Bertz CT molecular complexity index is 650. The third-order valence-electron chi connectivity index (χ3n) is 2.34. The van der Waals surface area contributed by atoms with Crippen molar-refractivity contribution in [2.24, 2.45) is 0 Å². The van der Waals surface area contributed by atoms with E-state index in [-0.39, 0.29) is 5.48 Å². The molecule has 0 aromatic carbocycles. The van der Waals surface area contributed by atoms with Gasteiger partial charge in [0.1, 0.15) is 0 Å². The zero-order valence-electron chi connectivity index (χ0n) is 13.0. The summed E-state index contributed by atoms with van der Waals surface area (Å²) in [6, 6.07) is 0. The van der Waals surface area contributed by atoms with Gasteiger partial charge in [-0.2, -0.15) is 0 Å². The first-order chi connectivity index (χ1) is 12.3. The molecule has 27 heavy (non-hydrogen) atoms. The fourth-order valence-corrected chi connectivity index (χ4v) is 3.26. The summed E-state index contributed by atoms with van der Waals surface area (Å²) in [5, 5.41) is 0. The summed E-state index contributed by atoms with van der Waals surface area (Å²) in [5.74, 6) is -6.06. The second kappa shape index (κ2) is 10.3. The molecule has 0 unspecified atom stereocenters. The summed E-state index contributed by atoms with van der Waals surface area (Å²) in [7, 11) is 0. The van der Waals surface area contributed by atoms with Crippen LogP contribution in [0.3, 0.4) is 0 Å². The van der Waals surface area contributed by atoms with E-state index in [0.29, 0.717) is 12.2 Å². The summed E-state index contributed by atoms with van der Waals surface area (Å²) in [4.78, 5) is 67.5. The summed E-state index contributed by atoms with van der Waals surface area (Å²) in [6.45, 7) is 0. The molecule has 0 saturated heterocycles. The van der Waals surface area contributed by atoms with E-state index < -0.39 is 66.1 Å². The highest BCUT2D eigenvalue weighted by atomic mass is 27.3. The van der Waals surface area contributed by atoms with Crippen LogP contribution in [0.2, 0.25) is 0 Å². The zero-order valence-corrected chi connectivity index (χ0v) is 15.3. The molecule has 0 aromatic heterocycles. The predicted molar refractivity (Wildman–Crippen MR) is 79.1 cm³/mol. The highest BCUT2D eigenvalue weighted by Gasteiger charge is 2.50. The molecule has 0 aromatic rings. The molecule has 2 aliphatic rings. The molecule has 2 aliphatic heterocycles. The summed E-state index contributed by atoms with van der Waals surface area (Å²) < 4.78 is 27.6. The summed E-state index contributed by atoms with van der Waals surface area (Å²) >= 11 is -6.84. The Kier molecular flexibility index (Phi) is 8.41. The van der Waals surface area contributed by atoms with E-state index in [4.69, 9.17) is 0 Å². The van der Waals surface area contributed by atoms with Gasteiger partial charge in [-0.25, -0.2) is 0 Å². The number of hydrogen-bond donors (Lipinski definition) is 0. The van der Waals surface area contributed by atoms with E-state index in [2.05, 4.69) is 22.7 Å². The average Bonchev–Trinajstić information content (AvgIpc) is 2.81. The molecule has 2 rings (SSSR count). The lowest BCUT2D eigenvalue weighted by Gasteiger charge is -2.08. The van der Waals surface area contributed by atoms with Gasteiger partial charge in [-0.1, -0.05) is 0 Å². The average molecular weight is 414 g/mol. The van der Waals surface area contributed by atoms with Crippen molar-refractivity contribution in [3.05, 3.63) is 36.5 Å². The molecule has 15 heteroatoms. The standard InChI is InChI=1S/3C4H4O4.2Al.H2O/c3*5-3(6)1-2-4(7)8;;;/h3*1-2H,(H,5,6)(H,7,8);;;1H2/q;;;2*+3;/p-6/b2-1-;;;;;. The van der Waals surface area contributed by atoms with Crippen molar-refractivity contribution < 1.29 is 57.0 Å². The van der Waals surface area contributed by atoms with Gasteiger partial charge in [0.2, 0.25) is 0 Å². The minimum Gasteiger partial charge on any atom is -0.547 e. The maximum absolute atomic E-state index is 11.5. The number of carbonyl (C=O) groups is 6. The van der Waals surface area contributed by atoms with Crippen molar-refractivity contribution in [2.75, 3.05) is 0 Å². The SMILES string of the molecule is O.O=C1C=CC(=O)[O][Al]([O]C(=O)/C=C\C(=O)[O][Al]2[O]C(=O)C=CC(=O)[O]2)[O]1. The lowest BCUT2D eigenvalue weighted by atomic mass is 10.5. The Labute approximate surface area is 159 Å². The van der Waals surface area contributed by atoms with E-state index in [1.807, 2.05) is 0 Å². The first-order valence-electron chi connectivity index (χ1n) is 6.60. The zero-order chi connectivity index (χ0) is 19.1. The molecule has 13 nitrogen and oxygen atoms in total. The van der Waals surface area contributed by atoms with Crippen molar-refractivity contribution in [3.63, 3.8) is 0 Å². The maximum Gasteiger partial charge on any atom is 1.20 e. The van der Waals surface area contributed by atoms with E-state index >= 15 is 0 Å².